The van der Waals surface area contributed by atoms with E-state index in [1.54, 1.807) is 0 Å². The van der Waals surface area contributed by atoms with Gasteiger partial charge in [-0.1, -0.05) is 53.4 Å². The van der Waals surface area contributed by atoms with Crippen LogP contribution >= 0.6 is 0 Å². The lowest BCUT2D eigenvalue weighted by Gasteiger charge is -2.39. The van der Waals surface area contributed by atoms with E-state index in [2.05, 4.69) is 32.0 Å². The number of nitrogens with zero attached hydrogens (tertiary/aromatic N) is 3. The molecule has 0 radical (unpaired) electrons. The fourth-order valence-electron chi connectivity index (χ4n) is 4.77. The number of carbonyl (C=O) groups is 2. The number of hydrogen-bond donors (Lipinski definition) is 1. The van der Waals surface area contributed by atoms with E-state index in [-0.39, 0.29) is 6.54 Å². The van der Waals surface area contributed by atoms with Gasteiger partial charge in [-0.05, 0) is 38.5 Å². The number of piperidine rings is 1. The Morgan fingerprint density at radius 3 is 1.76 bits per heavy atom. The van der Waals surface area contributed by atoms with Crippen LogP contribution in [0.5, 0.6) is 0 Å². The van der Waals surface area contributed by atoms with Crippen LogP contribution in [0.4, 0.5) is 4.79 Å². The van der Waals surface area contributed by atoms with E-state index in [4.69, 9.17) is 5.73 Å². The molecular formula is C23H46N4O6S. The smallest absolute Gasteiger partial charge is 0.346 e. The maximum atomic E-state index is 11.7. The van der Waals surface area contributed by atoms with E-state index in [1.165, 1.54) is 82.0 Å². The molecule has 0 spiro atoms. The number of quaternary nitrogens is 1. The number of unbranched alkanes of at least 4 members (excludes halogenated alkanes) is 4. The number of fused-ring (bicyclic) bond motifs is 2. The molecule has 2 heterocycles. The van der Waals surface area contributed by atoms with Gasteiger partial charge in [0.25, 0.3) is 0 Å². The van der Waals surface area contributed by atoms with Gasteiger partial charge in [-0.2, -0.15) is 9.35 Å². The molecule has 34 heavy (non-hydrogen) atoms. The zero-order chi connectivity index (χ0) is 25.8. The highest BCUT2D eigenvalue weighted by atomic mass is 32.3. The molecule has 2 N–H and O–H groups in total. The van der Waals surface area contributed by atoms with Crippen molar-refractivity contribution in [2.24, 2.45) is 5.73 Å². The molecule has 2 saturated heterocycles. The summed E-state index contributed by atoms with van der Waals surface area (Å²) in [6, 6.07) is -2.14. The van der Waals surface area contributed by atoms with E-state index in [0.29, 0.717) is 17.9 Å². The molecule has 2 aliphatic heterocycles. The van der Waals surface area contributed by atoms with Crippen molar-refractivity contribution in [2.45, 2.75) is 104 Å². The maximum Gasteiger partial charge on any atom is 0.346 e. The number of rotatable bonds is 15. The molecule has 0 saturated carbocycles. The molecule has 0 aliphatic carbocycles. The van der Waals surface area contributed by atoms with Crippen LogP contribution in [-0.4, -0.2) is 84.2 Å². The largest absolute Gasteiger partial charge is 0.724 e. The quantitative estimate of drug-likeness (QED) is 0.206. The molecule has 3 amide bonds. The molecule has 2 rings (SSSR count). The first-order valence-corrected chi connectivity index (χ1v) is 14.3. The number of hydrogen-bond acceptors (Lipinski definition) is 6. The third kappa shape index (κ3) is 9.67. The molecule has 0 aromatic heterocycles. The Hall–Kier alpha value is -1.43. The molecule has 10 nitrogen and oxygen atoms in total. The molecular weight excluding hydrogens is 460 g/mol. The second-order valence-electron chi connectivity index (χ2n) is 9.54. The van der Waals surface area contributed by atoms with Crippen LogP contribution in [0, 0.1) is 0 Å². The van der Waals surface area contributed by atoms with Crippen LogP contribution in [0.3, 0.4) is 0 Å². The third-order valence-corrected chi connectivity index (χ3v) is 7.11. The standard InChI is InChI=1S/C16H36N.C7H11N3O6S/c1-5-9-13-17(14-10-6-2,15-11-7-3)16-12-8-4;8-6(11)5-2-1-4-3-9(5)7(12)10(4)16-17(13,14)15/h5-16H2,1-4H3;4-5H,1-3H2,(H2,8,11)(H,13,14,15)/q+1;/p-1/t;4-,5-/m.0/s1. The first-order valence-electron chi connectivity index (χ1n) is 12.9. The predicted molar refractivity (Wildman–Crippen MR) is 130 cm³/mol. The fourth-order valence-corrected chi connectivity index (χ4v) is 5.15. The SMILES string of the molecule is CCCC[N+](CCCC)(CCCC)CCCC.NC(=O)[C@@H]1CC[C@H]2CN1C(=O)N2OS(=O)(=O)[O-]. The molecule has 0 unspecified atom stereocenters. The summed E-state index contributed by atoms with van der Waals surface area (Å²) in [4.78, 5) is 23.9. The zero-order valence-corrected chi connectivity index (χ0v) is 22.4. The number of nitrogens with two attached hydrogens (primary N) is 1. The molecule has 2 atom stereocenters. The van der Waals surface area contributed by atoms with E-state index in [0.717, 1.165) is 4.90 Å². The van der Waals surface area contributed by atoms with E-state index < -0.39 is 34.4 Å². The average molecular weight is 507 g/mol. The lowest BCUT2D eigenvalue weighted by molar-refractivity contribution is -0.929. The summed E-state index contributed by atoms with van der Waals surface area (Å²) < 4.78 is 36.8. The Morgan fingerprint density at radius 1 is 0.971 bits per heavy atom. The van der Waals surface area contributed by atoms with E-state index >= 15 is 0 Å². The lowest BCUT2D eigenvalue weighted by Crippen LogP contribution is -2.50. The number of amides is 3. The zero-order valence-electron chi connectivity index (χ0n) is 21.5. The first-order chi connectivity index (χ1) is 16.0. The summed E-state index contributed by atoms with van der Waals surface area (Å²) in [7, 11) is -5.00. The minimum absolute atomic E-state index is 0.127. The molecule has 2 fully saturated rings. The maximum absolute atomic E-state index is 11.7. The van der Waals surface area contributed by atoms with E-state index in [1.807, 2.05) is 0 Å². The Bertz CT molecular complexity index is 695. The molecule has 2 bridgehead atoms. The highest BCUT2D eigenvalue weighted by Crippen LogP contribution is 2.30. The summed E-state index contributed by atoms with van der Waals surface area (Å²) >= 11 is 0. The van der Waals surface area contributed by atoms with Gasteiger partial charge in [0.05, 0.1) is 32.2 Å². The summed E-state index contributed by atoms with van der Waals surface area (Å²) in [6.07, 6.45) is 11.7. The molecule has 2 aliphatic rings. The van der Waals surface area contributed by atoms with Crippen LogP contribution < -0.4 is 5.73 Å². The molecule has 200 valence electrons. The monoisotopic (exact) mass is 506 g/mol. The van der Waals surface area contributed by atoms with Gasteiger partial charge in [-0.25, -0.2) is 13.2 Å². The first kappa shape index (κ1) is 30.6. The Kier molecular flexibility index (Phi) is 13.4. The highest BCUT2D eigenvalue weighted by Gasteiger charge is 2.48. The van der Waals surface area contributed by atoms with Crippen molar-refractivity contribution < 1.29 is 31.3 Å². The normalized spacial score (nSPS) is 20.3. The van der Waals surface area contributed by atoms with Crippen molar-refractivity contribution in [1.82, 2.24) is 9.96 Å². The minimum Gasteiger partial charge on any atom is -0.724 e. The van der Waals surface area contributed by atoms with Gasteiger partial charge < -0.3 is 19.7 Å². The van der Waals surface area contributed by atoms with Crippen molar-refractivity contribution in [3.05, 3.63) is 0 Å². The molecule has 11 heteroatoms. The van der Waals surface area contributed by atoms with Gasteiger partial charge in [0.1, 0.15) is 6.04 Å². The van der Waals surface area contributed by atoms with Gasteiger partial charge in [0.2, 0.25) is 16.3 Å². The van der Waals surface area contributed by atoms with Gasteiger partial charge in [0, 0.05) is 6.54 Å². The number of urea groups is 1. The number of hydroxylamine groups is 2. The molecule has 0 aromatic carbocycles. The van der Waals surface area contributed by atoms with Gasteiger partial charge in [-0.15, -0.1) is 0 Å². The predicted octanol–water partition coefficient (Wildman–Crippen LogP) is 3.14. The highest BCUT2D eigenvalue weighted by molar-refractivity contribution is 7.80. The minimum atomic E-state index is -5.00. The van der Waals surface area contributed by atoms with Crippen molar-refractivity contribution in [1.29, 1.82) is 0 Å². The Labute approximate surface area is 206 Å². The fraction of sp³-hybridized carbons (Fsp3) is 0.913. The Morgan fingerprint density at radius 2 is 1.41 bits per heavy atom. The second kappa shape index (κ2) is 14.9. The van der Waals surface area contributed by atoms with Crippen LogP contribution in [-0.2, 0) is 19.5 Å². The lowest BCUT2D eigenvalue weighted by atomic mass is 10.0. The average Bonchev–Trinajstić information content (AvgIpc) is 3.01. The summed E-state index contributed by atoms with van der Waals surface area (Å²) in [5, 5.41) is 0.505. The van der Waals surface area contributed by atoms with Crippen LogP contribution in [0.1, 0.15) is 91.9 Å². The van der Waals surface area contributed by atoms with Crippen molar-refractivity contribution in [3.63, 3.8) is 0 Å². The van der Waals surface area contributed by atoms with Crippen molar-refractivity contribution >= 4 is 22.3 Å². The van der Waals surface area contributed by atoms with Gasteiger partial charge in [-0.3, -0.25) is 4.79 Å². The van der Waals surface area contributed by atoms with Crippen LogP contribution in [0.25, 0.3) is 0 Å². The number of carbonyl (C=O) groups excluding carboxylic acids is 2. The van der Waals surface area contributed by atoms with Gasteiger partial charge >= 0.3 is 6.03 Å². The van der Waals surface area contributed by atoms with Crippen LogP contribution in [0.2, 0.25) is 0 Å². The summed E-state index contributed by atoms with van der Waals surface area (Å²) in [5.41, 5.74) is 5.11. The van der Waals surface area contributed by atoms with Crippen LogP contribution in [0.15, 0.2) is 0 Å². The third-order valence-electron chi connectivity index (χ3n) is 6.77. The van der Waals surface area contributed by atoms with Gasteiger partial charge in [0.15, 0.2) is 0 Å². The summed E-state index contributed by atoms with van der Waals surface area (Å²) in [6.45, 7) is 15.1. The number of primary amides is 1. The second-order valence-corrected chi connectivity index (χ2v) is 10.5. The Balaban J connectivity index is 0.000000340. The van der Waals surface area contributed by atoms with Crippen molar-refractivity contribution in [3.8, 4) is 0 Å². The molecule has 0 aromatic rings. The summed E-state index contributed by atoms with van der Waals surface area (Å²) in [5.74, 6) is -0.663. The van der Waals surface area contributed by atoms with Crippen molar-refractivity contribution in [2.75, 3.05) is 32.7 Å². The van der Waals surface area contributed by atoms with E-state index in [9.17, 15) is 22.6 Å². The topological polar surface area (TPSA) is 133 Å².